The maximum Gasteiger partial charge on any atom is 0.246 e. The third kappa shape index (κ3) is 3.19. The van der Waals surface area contributed by atoms with Crippen LogP contribution in [-0.4, -0.2) is 31.9 Å². The Kier molecular flexibility index (Phi) is 4.32. The highest BCUT2D eigenvalue weighted by atomic mass is 32.2. The predicted molar refractivity (Wildman–Crippen MR) is 73.4 cm³/mol. The van der Waals surface area contributed by atoms with Crippen molar-refractivity contribution in [2.75, 3.05) is 13.1 Å². The zero-order valence-electron chi connectivity index (χ0n) is 11.8. The molecule has 0 spiro atoms. The number of aryl methyl sites for hydroxylation is 1. The van der Waals surface area contributed by atoms with Gasteiger partial charge in [0.05, 0.1) is 6.54 Å². The summed E-state index contributed by atoms with van der Waals surface area (Å²) in [5.74, 6) is 1.15. The van der Waals surface area contributed by atoms with Gasteiger partial charge in [-0.2, -0.15) is 4.31 Å². The maximum atomic E-state index is 12.5. The number of nitrogens with zero attached hydrogens (tertiary/aromatic N) is 1. The Morgan fingerprint density at radius 2 is 2.00 bits per heavy atom. The normalized spacial score (nSPS) is 17.5. The average molecular weight is 286 g/mol. The fourth-order valence-corrected chi connectivity index (χ4v) is 3.94. The molecule has 1 saturated heterocycles. The van der Waals surface area contributed by atoms with Gasteiger partial charge < -0.3 is 9.73 Å². The molecule has 0 amide bonds. The van der Waals surface area contributed by atoms with Gasteiger partial charge in [0.25, 0.3) is 0 Å². The lowest BCUT2D eigenvalue weighted by Crippen LogP contribution is -2.28. The first kappa shape index (κ1) is 14.6. The van der Waals surface area contributed by atoms with Crippen LogP contribution >= 0.6 is 0 Å². The molecule has 0 atom stereocenters. The van der Waals surface area contributed by atoms with Crippen LogP contribution in [0.15, 0.2) is 15.4 Å². The Morgan fingerprint density at radius 3 is 2.58 bits per heavy atom. The minimum absolute atomic E-state index is 0.315. The molecule has 1 fully saturated rings. The summed E-state index contributed by atoms with van der Waals surface area (Å²) >= 11 is 0. The summed E-state index contributed by atoms with van der Waals surface area (Å²) in [6, 6.07) is 1.99. The largest absolute Gasteiger partial charge is 0.464 e. The van der Waals surface area contributed by atoms with Gasteiger partial charge in [0.1, 0.15) is 16.4 Å². The van der Waals surface area contributed by atoms with Crippen molar-refractivity contribution in [3.63, 3.8) is 0 Å². The number of hydrogen-bond donors (Lipinski definition) is 1. The smallest absolute Gasteiger partial charge is 0.246 e. The molecule has 0 unspecified atom stereocenters. The molecular weight excluding hydrogens is 264 g/mol. The zero-order valence-corrected chi connectivity index (χ0v) is 12.6. The van der Waals surface area contributed by atoms with E-state index >= 15 is 0 Å². The number of nitrogens with one attached hydrogen (secondary N) is 1. The minimum Gasteiger partial charge on any atom is -0.464 e. The van der Waals surface area contributed by atoms with Crippen LogP contribution < -0.4 is 5.32 Å². The van der Waals surface area contributed by atoms with Crippen molar-refractivity contribution in [2.45, 2.75) is 51.1 Å². The first-order chi connectivity index (χ1) is 8.91. The summed E-state index contributed by atoms with van der Waals surface area (Å²) in [4.78, 5) is 0.315. The molecule has 1 N–H and O–H groups in total. The fraction of sp³-hybridized carbons (Fsp3) is 0.692. The standard InChI is InChI=1S/C13H22N2O3S/c1-10(2)14-9-12-8-13(11(3)18-12)19(16,17)15-6-4-5-7-15/h8,10,14H,4-7,9H2,1-3H3. The first-order valence-electron chi connectivity index (χ1n) is 6.74. The molecule has 1 aliphatic rings. The summed E-state index contributed by atoms with van der Waals surface area (Å²) in [7, 11) is -3.38. The van der Waals surface area contributed by atoms with Crippen molar-refractivity contribution >= 4 is 10.0 Å². The third-order valence-electron chi connectivity index (χ3n) is 3.29. The van der Waals surface area contributed by atoms with Gasteiger partial charge in [0.15, 0.2) is 0 Å². The monoisotopic (exact) mass is 286 g/mol. The number of rotatable bonds is 5. The Bertz CT molecular complexity index is 528. The van der Waals surface area contributed by atoms with Crippen molar-refractivity contribution in [2.24, 2.45) is 0 Å². The Morgan fingerprint density at radius 1 is 1.37 bits per heavy atom. The first-order valence-corrected chi connectivity index (χ1v) is 8.18. The summed E-state index contributed by atoms with van der Waals surface area (Å²) in [6.07, 6.45) is 1.88. The van der Waals surface area contributed by atoms with Crippen molar-refractivity contribution in [3.05, 3.63) is 17.6 Å². The SMILES string of the molecule is Cc1oc(CNC(C)C)cc1S(=O)(=O)N1CCCC1. The molecular formula is C13H22N2O3S. The molecule has 1 aliphatic heterocycles. The van der Waals surface area contributed by atoms with Gasteiger partial charge in [-0.05, 0) is 19.8 Å². The van der Waals surface area contributed by atoms with E-state index in [1.54, 1.807) is 17.3 Å². The number of furan rings is 1. The fourth-order valence-electron chi connectivity index (χ4n) is 2.24. The Hall–Kier alpha value is -0.850. The van der Waals surface area contributed by atoms with Gasteiger partial charge in [0, 0.05) is 25.2 Å². The second-order valence-electron chi connectivity index (χ2n) is 5.28. The van der Waals surface area contributed by atoms with Gasteiger partial charge in [-0.25, -0.2) is 8.42 Å². The highest BCUT2D eigenvalue weighted by Crippen LogP contribution is 2.26. The Labute approximate surface area is 115 Å². The molecule has 1 aromatic rings. The molecule has 19 heavy (non-hydrogen) atoms. The highest BCUT2D eigenvalue weighted by Gasteiger charge is 2.30. The molecule has 6 heteroatoms. The van der Waals surface area contributed by atoms with Crippen LogP contribution in [0.25, 0.3) is 0 Å². The van der Waals surface area contributed by atoms with E-state index in [0.717, 1.165) is 12.8 Å². The van der Waals surface area contributed by atoms with Crippen LogP contribution in [0.4, 0.5) is 0 Å². The van der Waals surface area contributed by atoms with E-state index < -0.39 is 10.0 Å². The zero-order chi connectivity index (χ0) is 14.0. The van der Waals surface area contributed by atoms with Crippen LogP contribution in [0.3, 0.4) is 0 Å². The second-order valence-corrected chi connectivity index (χ2v) is 7.19. The lowest BCUT2D eigenvalue weighted by molar-refractivity contribution is 0.440. The van der Waals surface area contributed by atoms with E-state index in [4.69, 9.17) is 4.42 Å². The van der Waals surface area contributed by atoms with E-state index in [9.17, 15) is 8.42 Å². The molecule has 0 bridgehead atoms. The van der Waals surface area contributed by atoms with Crippen LogP contribution in [0.1, 0.15) is 38.2 Å². The van der Waals surface area contributed by atoms with E-state index in [1.165, 1.54) is 0 Å². The highest BCUT2D eigenvalue weighted by molar-refractivity contribution is 7.89. The van der Waals surface area contributed by atoms with Crippen LogP contribution in [-0.2, 0) is 16.6 Å². The third-order valence-corrected chi connectivity index (χ3v) is 5.30. The average Bonchev–Trinajstić information content (AvgIpc) is 2.95. The molecule has 2 heterocycles. The van der Waals surface area contributed by atoms with Crippen molar-refractivity contribution < 1.29 is 12.8 Å². The van der Waals surface area contributed by atoms with Gasteiger partial charge >= 0.3 is 0 Å². The maximum absolute atomic E-state index is 12.5. The molecule has 0 saturated carbocycles. The molecule has 2 rings (SSSR count). The lowest BCUT2D eigenvalue weighted by atomic mass is 10.3. The van der Waals surface area contributed by atoms with Gasteiger partial charge in [-0.15, -0.1) is 0 Å². The molecule has 5 nitrogen and oxygen atoms in total. The van der Waals surface area contributed by atoms with E-state index in [-0.39, 0.29) is 0 Å². The molecule has 0 aliphatic carbocycles. The van der Waals surface area contributed by atoms with Gasteiger partial charge in [-0.1, -0.05) is 13.8 Å². The lowest BCUT2D eigenvalue weighted by Gasteiger charge is -2.14. The topological polar surface area (TPSA) is 62.6 Å². The summed E-state index contributed by atoms with van der Waals surface area (Å²) in [5.41, 5.74) is 0. The van der Waals surface area contributed by atoms with E-state index in [1.807, 2.05) is 13.8 Å². The van der Waals surface area contributed by atoms with Crippen LogP contribution in [0.5, 0.6) is 0 Å². The second kappa shape index (κ2) is 5.64. The Balaban J connectivity index is 2.20. The summed E-state index contributed by atoms with van der Waals surface area (Å²) < 4.78 is 32.0. The van der Waals surface area contributed by atoms with Gasteiger partial charge in [0.2, 0.25) is 10.0 Å². The van der Waals surface area contributed by atoms with E-state index in [2.05, 4.69) is 5.32 Å². The molecule has 108 valence electrons. The number of hydrogen-bond acceptors (Lipinski definition) is 4. The van der Waals surface area contributed by atoms with Crippen LogP contribution in [0, 0.1) is 6.92 Å². The summed E-state index contributed by atoms with van der Waals surface area (Å²) in [5, 5.41) is 3.22. The predicted octanol–water partition coefficient (Wildman–Crippen LogP) is 1.87. The van der Waals surface area contributed by atoms with Crippen molar-refractivity contribution in [1.29, 1.82) is 0 Å². The van der Waals surface area contributed by atoms with Crippen molar-refractivity contribution in [3.8, 4) is 0 Å². The molecule has 0 aromatic carbocycles. The van der Waals surface area contributed by atoms with Gasteiger partial charge in [-0.3, -0.25) is 0 Å². The van der Waals surface area contributed by atoms with E-state index in [0.29, 0.717) is 42.1 Å². The molecule has 1 aromatic heterocycles. The quantitative estimate of drug-likeness (QED) is 0.897. The van der Waals surface area contributed by atoms with Crippen LogP contribution in [0.2, 0.25) is 0 Å². The summed E-state index contributed by atoms with van der Waals surface area (Å²) in [6.45, 7) is 7.57. The number of sulfonamides is 1. The van der Waals surface area contributed by atoms with Crippen molar-refractivity contribution in [1.82, 2.24) is 9.62 Å². The minimum atomic E-state index is -3.38. The molecule has 0 radical (unpaired) electrons.